The molecule has 0 radical (unpaired) electrons. The Morgan fingerprint density at radius 3 is 2.93 bits per heavy atom. The minimum atomic E-state index is 0.327. The third-order valence-electron chi connectivity index (χ3n) is 6.15. The molecule has 0 bridgehead atoms. The first kappa shape index (κ1) is 16.6. The Morgan fingerprint density at radius 2 is 2.04 bits per heavy atom. The first-order valence-electron chi connectivity index (χ1n) is 9.74. The highest BCUT2D eigenvalue weighted by molar-refractivity contribution is 5.77. The number of fused-ring (bicyclic) bond motifs is 2. The van der Waals surface area contributed by atoms with E-state index in [0.29, 0.717) is 18.8 Å². The molecule has 4 heterocycles. The van der Waals surface area contributed by atoms with Gasteiger partial charge in [0.1, 0.15) is 0 Å². The second-order valence-corrected chi connectivity index (χ2v) is 7.66. The highest BCUT2D eigenvalue weighted by Crippen LogP contribution is 2.38. The number of rotatable bonds is 3. The molecule has 5 rings (SSSR count). The molecule has 1 aromatic carbocycles. The van der Waals surface area contributed by atoms with Crippen molar-refractivity contribution in [2.75, 3.05) is 19.9 Å². The quantitative estimate of drug-likeness (QED) is 0.698. The first-order chi connectivity index (χ1) is 13.2. The third-order valence-corrected chi connectivity index (χ3v) is 6.15. The van der Waals surface area contributed by atoms with Crippen LogP contribution >= 0.6 is 0 Å². The highest BCUT2D eigenvalue weighted by atomic mass is 16.7. The van der Waals surface area contributed by atoms with Gasteiger partial charge in [0.25, 0.3) is 0 Å². The van der Waals surface area contributed by atoms with Gasteiger partial charge in [-0.1, -0.05) is 6.07 Å². The summed E-state index contributed by atoms with van der Waals surface area (Å²) in [5.41, 5.74) is 4.99. The third kappa shape index (κ3) is 2.86. The first-order valence-corrected chi connectivity index (χ1v) is 9.74. The normalized spacial score (nSPS) is 20.9. The molecular formula is C22H25N3O2. The van der Waals surface area contributed by atoms with Crippen LogP contribution in [-0.4, -0.2) is 34.3 Å². The Kier molecular flexibility index (Phi) is 4.05. The van der Waals surface area contributed by atoms with Gasteiger partial charge in [-0.2, -0.15) is 0 Å². The van der Waals surface area contributed by atoms with Crippen LogP contribution in [0, 0.1) is 0 Å². The fourth-order valence-electron chi connectivity index (χ4n) is 4.55. The van der Waals surface area contributed by atoms with Crippen molar-refractivity contribution in [3.8, 4) is 11.5 Å². The van der Waals surface area contributed by atoms with Gasteiger partial charge < -0.3 is 14.0 Å². The van der Waals surface area contributed by atoms with Crippen LogP contribution < -0.4 is 9.47 Å². The Labute approximate surface area is 159 Å². The molecule has 0 N–H and O–H groups in total. The fraction of sp³-hybridized carbons (Fsp3) is 0.409. The fourth-order valence-corrected chi connectivity index (χ4v) is 4.55. The Morgan fingerprint density at radius 1 is 1.15 bits per heavy atom. The lowest BCUT2D eigenvalue weighted by molar-refractivity contribution is 0.155. The van der Waals surface area contributed by atoms with E-state index in [1.807, 2.05) is 18.3 Å². The summed E-state index contributed by atoms with van der Waals surface area (Å²) in [6.45, 7) is 4.82. The van der Waals surface area contributed by atoms with Crippen LogP contribution in [0.5, 0.6) is 11.5 Å². The van der Waals surface area contributed by atoms with Gasteiger partial charge in [-0.05, 0) is 62.2 Å². The topological polar surface area (TPSA) is 39.5 Å². The number of aromatic nitrogens is 2. The molecule has 2 unspecified atom stereocenters. The number of likely N-dealkylation sites (tertiary alicyclic amines) is 1. The van der Waals surface area contributed by atoms with Gasteiger partial charge in [-0.3, -0.25) is 9.88 Å². The number of aryl methyl sites for hydroxylation is 1. The summed E-state index contributed by atoms with van der Waals surface area (Å²) >= 11 is 0. The summed E-state index contributed by atoms with van der Waals surface area (Å²) in [5.74, 6) is 2.26. The predicted octanol–water partition coefficient (Wildman–Crippen LogP) is 4.24. The molecule has 1 fully saturated rings. The van der Waals surface area contributed by atoms with Crippen LogP contribution in [0.15, 0.2) is 42.6 Å². The Hall–Kier alpha value is -2.53. The van der Waals surface area contributed by atoms with E-state index in [9.17, 15) is 0 Å². The lowest BCUT2D eigenvalue weighted by atomic mass is 9.92. The van der Waals surface area contributed by atoms with Crippen molar-refractivity contribution in [3.05, 3.63) is 53.9 Å². The van der Waals surface area contributed by atoms with Crippen LogP contribution in [-0.2, 0) is 7.05 Å². The number of hydrogen-bond acceptors (Lipinski definition) is 4. The second kappa shape index (κ2) is 6.57. The van der Waals surface area contributed by atoms with Crippen molar-refractivity contribution >= 4 is 11.0 Å². The molecule has 140 valence electrons. The van der Waals surface area contributed by atoms with E-state index in [4.69, 9.17) is 9.47 Å². The molecule has 0 amide bonds. The molecule has 0 spiro atoms. The van der Waals surface area contributed by atoms with Crippen LogP contribution in [0.4, 0.5) is 0 Å². The molecule has 0 saturated carbocycles. The van der Waals surface area contributed by atoms with Crippen molar-refractivity contribution < 1.29 is 9.47 Å². The number of nitrogens with zero attached hydrogens (tertiary/aromatic N) is 3. The predicted molar refractivity (Wildman–Crippen MR) is 105 cm³/mol. The second-order valence-electron chi connectivity index (χ2n) is 7.66. The summed E-state index contributed by atoms with van der Waals surface area (Å²) in [6, 6.07) is 13.1. The molecule has 2 atom stereocenters. The van der Waals surface area contributed by atoms with Crippen LogP contribution in [0.1, 0.15) is 43.0 Å². The lowest BCUT2D eigenvalue weighted by Gasteiger charge is -2.37. The van der Waals surface area contributed by atoms with Crippen molar-refractivity contribution in [2.24, 2.45) is 7.05 Å². The Balaban J connectivity index is 1.39. The van der Waals surface area contributed by atoms with E-state index in [1.165, 1.54) is 29.6 Å². The molecular weight excluding hydrogens is 338 g/mol. The highest BCUT2D eigenvalue weighted by Gasteiger charge is 2.28. The van der Waals surface area contributed by atoms with Crippen LogP contribution in [0.2, 0.25) is 0 Å². The van der Waals surface area contributed by atoms with Gasteiger partial charge in [0.15, 0.2) is 11.5 Å². The van der Waals surface area contributed by atoms with Gasteiger partial charge in [-0.25, -0.2) is 0 Å². The average Bonchev–Trinajstić information content (AvgIpc) is 3.32. The van der Waals surface area contributed by atoms with Crippen LogP contribution in [0.3, 0.4) is 0 Å². The van der Waals surface area contributed by atoms with E-state index in [0.717, 1.165) is 30.1 Å². The van der Waals surface area contributed by atoms with E-state index < -0.39 is 0 Å². The summed E-state index contributed by atoms with van der Waals surface area (Å²) in [7, 11) is 2.17. The van der Waals surface area contributed by atoms with Crippen molar-refractivity contribution in [3.63, 3.8) is 0 Å². The summed E-state index contributed by atoms with van der Waals surface area (Å²) in [6.07, 6.45) is 4.32. The summed E-state index contributed by atoms with van der Waals surface area (Å²) in [5, 5.41) is 0. The van der Waals surface area contributed by atoms with Gasteiger partial charge in [0, 0.05) is 37.4 Å². The van der Waals surface area contributed by atoms with Crippen molar-refractivity contribution in [2.45, 2.75) is 31.7 Å². The largest absolute Gasteiger partial charge is 0.454 e. The number of ether oxygens (including phenoxy) is 2. The van der Waals surface area contributed by atoms with E-state index in [-0.39, 0.29) is 0 Å². The number of pyridine rings is 1. The minimum Gasteiger partial charge on any atom is -0.454 e. The van der Waals surface area contributed by atoms with Crippen molar-refractivity contribution in [1.29, 1.82) is 0 Å². The molecule has 2 aliphatic rings. The maximum absolute atomic E-state index is 5.57. The zero-order valence-corrected chi connectivity index (χ0v) is 15.9. The van der Waals surface area contributed by atoms with Gasteiger partial charge in [0.2, 0.25) is 6.79 Å². The molecule has 3 aromatic rings. The maximum atomic E-state index is 5.57. The van der Waals surface area contributed by atoms with E-state index in [2.05, 4.69) is 52.7 Å². The molecule has 0 aliphatic carbocycles. The zero-order chi connectivity index (χ0) is 18.4. The van der Waals surface area contributed by atoms with Gasteiger partial charge in [0.05, 0.1) is 11.0 Å². The van der Waals surface area contributed by atoms with Crippen molar-refractivity contribution in [1.82, 2.24) is 14.5 Å². The summed E-state index contributed by atoms with van der Waals surface area (Å²) < 4.78 is 13.3. The summed E-state index contributed by atoms with van der Waals surface area (Å²) in [4.78, 5) is 7.13. The smallest absolute Gasteiger partial charge is 0.231 e. The average molecular weight is 363 g/mol. The number of benzene rings is 1. The molecule has 2 aliphatic heterocycles. The molecule has 27 heavy (non-hydrogen) atoms. The van der Waals surface area contributed by atoms with Crippen LogP contribution in [0.25, 0.3) is 11.0 Å². The molecule has 1 saturated heterocycles. The standard InChI is InChI=1S/C22H25N3O2/c1-15(16-7-8-21-22(11-16)27-14-26-21)25-10-4-5-17(13-25)20-12-18-19(24(20)2)6-3-9-23-18/h3,6-9,11-12,15,17H,4-5,10,13-14H2,1-2H3. The monoisotopic (exact) mass is 363 g/mol. The van der Waals surface area contributed by atoms with Gasteiger partial charge in [-0.15, -0.1) is 0 Å². The molecule has 5 nitrogen and oxygen atoms in total. The molecule has 2 aromatic heterocycles. The SMILES string of the molecule is CC(c1ccc2c(c1)OCO2)N1CCCC(c2cc3ncccc3n2C)C1. The minimum absolute atomic E-state index is 0.327. The number of hydrogen-bond donors (Lipinski definition) is 0. The van der Waals surface area contributed by atoms with Gasteiger partial charge >= 0.3 is 0 Å². The Bertz CT molecular complexity index is 981. The maximum Gasteiger partial charge on any atom is 0.231 e. The van der Waals surface area contributed by atoms with E-state index in [1.54, 1.807) is 0 Å². The number of piperidine rings is 1. The lowest BCUT2D eigenvalue weighted by Crippen LogP contribution is -2.36. The molecule has 5 heteroatoms. The zero-order valence-electron chi connectivity index (χ0n) is 15.9. The van der Waals surface area contributed by atoms with E-state index >= 15 is 0 Å².